The van der Waals surface area contributed by atoms with Gasteiger partial charge in [-0.25, -0.2) is 4.39 Å². The van der Waals surface area contributed by atoms with Crippen molar-refractivity contribution in [3.8, 4) is 0 Å². The summed E-state index contributed by atoms with van der Waals surface area (Å²) < 4.78 is 13.8. The van der Waals surface area contributed by atoms with E-state index in [2.05, 4.69) is 0 Å². The van der Waals surface area contributed by atoms with E-state index in [-0.39, 0.29) is 5.37 Å². The van der Waals surface area contributed by atoms with Crippen molar-refractivity contribution < 1.29 is 9.18 Å². The lowest BCUT2D eigenvalue weighted by atomic mass is 10.1. The molecule has 0 unspecified atom stereocenters. The quantitative estimate of drug-likeness (QED) is 0.856. The second-order valence-corrected chi connectivity index (χ2v) is 5.80. The number of amides is 1. The first kappa shape index (κ1) is 13.2. The Bertz CT molecular complexity index is 590. The molecule has 102 valence electrons. The van der Waals surface area contributed by atoms with Crippen LogP contribution < -0.4 is 0 Å². The number of hydrogen-bond donors (Lipinski definition) is 0. The molecule has 2 aromatic carbocycles. The third kappa shape index (κ3) is 2.56. The molecule has 1 saturated heterocycles. The zero-order chi connectivity index (χ0) is 13.9. The molecule has 0 saturated carbocycles. The number of benzene rings is 2. The Morgan fingerprint density at radius 3 is 2.25 bits per heavy atom. The van der Waals surface area contributed by atoms with Gasteiger partial charge in [0.05, 0.1) is 0 Å². The lowest BCUT2D eigenvalue weighted by molar-refractivity contribution is -0.133. The summed E-state index contributed by atoms with van der Waals surface area (Å²) in [5.41, 5.74) is 0.502. The maximum atomic E-state index is 13.8. The molecule has 4 heteroatoms. The molecule has 1 amide bonds. The van der Waals surface area contributed by atoms with E-state index in [1.54, 1.807) is 4.90 Å². The van der Waals surface area contributed by atoms with Crippen LogP contribution in [0, 0.1) is 0 Å². The van der Waals surface area contributed by atoms with Crippen LogP contribution in [-0.4, -0.2) is 16.3 Å². The van der Waals surface area contributed by atoms with Gasteiger partial charge in [-0.05, 0) is 11.1 Å². The Morgan fingerprint density at radius 1 is 1.00 bits per heavy atom. The Hall–Kier alpha value is -1.81. The van der Waals surface area contributed by atoms with E-state index in [1.807, 2.05) is 60.7 Å². The minimum absolute atomic E-state index is 0.251. The molecule has 20 heavy (non-hydrogen) atoms. The first-order chi connectivity index (χ1) is 9.75. The third-order valence-electron chi connectivity index (χ3n) is 3.29. The van der Waals surface area contributed by atoms with Crippen LogP contribution in [-0.2, 0) is 11.3 Å². The molecule has 0 spiro atoms. The molecule has 0 bridgehead atoms. The fourth-order valence-corrected chi connectivity index (χ4v) is 3.43. The van der Waals surface area contributed by atoms with Crippen molar-refractivity contribution in [1.82, 2.24) is 4.90 Å². The molecular formula is C16H14FNOS. The van der Waals surface area contributed by atoms with E-state index in [0.717, 1.165) is 22.9 Å². The molecule has 1 aliphatic heterocycles. The first-order valence-electron chi connectivity index (χ1n) is 6.44. The lowest BCUT2D eigenvalue weighted by Crippen LogP contribution is -2.29. The standard InChI is InChI=1S/C16H14FNOS/c17-14-15(19)18(11-12-7-3-1-4-8-12)16(20-14)13-9-5-2-6-10-13/h1-10,14,16H,11H2/t14-,16-/m0/s1. The first-order valence-corrected chi connectivity index (χ1v) is 7.39. The fraction of sp³-hybridized carbons (Fsp3) is 0.188. The molecule has 2 atom stereocenters. The highest BCUT2D eigenvalue weighted by Gasteiger charge is 2.41. The smallest absolute Gasteiger partial charge is 0.269 e. The van der Waals surface area contributed by atoms with Crippen LogP contribution in [0.1, 0.15) is 16.5 Å². The zero-order valence-corrected chi connectivity index (χ0v) is 11.6. The van der Waals surface area contributed by atoms with Gasteiger partial charge in [0.2, 0.25) is 5.50 Å². The van der Waals surface area contributed by atoms with Crippen LogP contribution in [0.3, 0.4) is 0 Å². The number of rotatable bonds is 3. The highest BCUT2D eigenvalue weighted by atomic mass is 32.2. The topological polar surface area (TPSA) is 20.3 Å². The number of carbonyl (C=O) groups excluding carboxylic acids is 1. The number of alkyl halides is 1. The van der Waals surface area contributed by atoms with Crippen LogP contribution in [0.25, 0.3) is 0 Å². The van der Waals surface area contributed by atoms with Crippen molar-refractivity contribution in [2.45, 2.75) is 17.4 Å². The van der Waals surface area contributed by atoms with Crippen molar-refractivity contribution in [1.29, 1.82) is 0 Å². The number of thioether (sulfide) groups is 1. The third-order valence-corrected chi connectivity index (χ3v) is 4.51. The van der Waals surface area contributed by atoms with E-state index in [1.165, 1.54) is 0 Å². The highest BCUT2D eigenvalue weighted by molar-refractivity contribution is 8.01. The lowest BCUT2D eigenvalue weighted by Gasteiger charge is -2.23. The van der Waals surface area contributed by atoms with Crippen molar-refractivity contribution in [3.63, 3.8) is 0 Å². The fourth-order valence-electron chi connectivity index (χ4n) is 2.31. The average Bonchev–Trinajstić information content (AvgIpc) is 2.78. The van der Waals surface area contributed by atoms with E-state index in [4.69, 9.17) is 0 Å². The van der Waals surface area contributed by atoms with Gasteiger partial charge in [-0.3, -0.25) is 4.79 Å². The summed E-state index contributed by atoms with van der Waals surface area (Å²) >= 11 is 1.06. The van der Waals surface area contributed by atoms with Gasteiger partial charge in [-0.15, -0.1) is 0 Å². The van der Waals surface area contributed by atoms with Gasteiger partial charge in [-0.1, -0.05) is 72.4 Å². The molecule has 0 aliphatic carbocycles. The zero-order valence-electron chi connectivity index (χ0n) is 10.8. The van der Waals surface area contributed by atoms with Crippen molar-refractivity contribution in [2.24, 2.45) is 0 Å². The summed E-state index contributed by atoms with van der Waals surface area (Å²) in [5.74, 6) is -0.437. The molecule has 1 aliphatic rings. The Kier molecular flexibility index (Phi) is 3.74. The van der Waals surface area contributed by atoms with Gasteiger partial charge in [0, 0.05) is 6.54 Å². The van der Waals surface area contributed by atoms with Gasteiger partial charge < -0.3 is 4.90 Å². The van der Waals surface area contributed by atoms with E-state index < -0.39 is 11.4 Å². The molecular weight excluding hydrogens is 273 g/mol. The molecule has 1 fully saturated rings. The summed E-state index contributed by atoms with van der Waals surface area (Å²) in [4.78, 5) is 13.6. The van der Waals surface area contributed by atoms with Crippen molar-refractivity contribution >= 4 is 17.7 Å². The van der Waals surface area contributed by atoms with Gasteiger partial charge in [0.25, 0.3) is 5.91 Å². The summed E-state index contributed by atoms with van der Waals surface area (Å²) in [6.45, 7) is 0.437. The van der Waals surface area contributed by atoms with Gasteiger partial charge >= 0.3 is 0 Å². The minimum Gasteiger partial charge on any atom is -0.319 e. The normalized spacial score (nSPS) is 22.2. The highest BCUT2D eigenvalue weighted by Crippen LogP contribution is 2.44. The van der Waals surface area contributed by atoms with Crippen LogP contribution in [0.4, 0.5) is 4.39 Å². The minimum atomic E-state index is -1.47. The molecule has 0 radical (unpaired) electrons. The number of nitrogens with zero attached hydrogens (tertiary/aromatic N) is 1. The monoisotopic (exact) mass is 287 g/mol. The van der Waals surface area contributed by atoms with E-state index in [9.17, 15) is 9.18 Å². The second kappa shape index (κ2) is 5.67. The molecule has 0 aromatic heterocycles. The van der Waals surface area contributed by atoms with Gasteiger partial charge in [-0.2, -0.15) is 0 Å². The maximum Gasteiger partial charge on any atom is 0.269 e. The average molecular weight is 287 g/mol. The van der Waals surface area contributed by atoms with Gasteiger partial charge in [0.1, 0.15) is 5.37 Å². The maximum absolute atomic E-state index is 13.8. The summed E-state index contributed by atoms with van der Waals surface area (Å²) in [6.07, 6.45) is 0. The predicted octanol–water partition coefficient (Wildman–Crippen LogP) is 3.76. The molecule has 2 nitrogen and oxygen atoms in total. The Balaban J connectivity index is 1.87. The van der Waals surface area contributed by atoms with Crippen molar-refractivity contribution in [3.05, 3.63) is 71.8 Å². The molecule has 3 rings (SSSR count). The number of hydrogen-bond acceptors (Lipinski definition) is 2. The van der Waals surface area contributed by atoms with E-state index in [0.29, 0.717) is 6.54 Å². The largest absolute Gasteiger partial charge is 0.319 e. The van der Waals surface area contributed by atoms with E-state index >= 15 is 0 Å². The number of carbonyl (C=O) groups is 1. The van der Waals surface area contributed by atoms with Gasteiger partial charge in [0.15, 0.2) is 0 Å². The van der Waals surface area contributed by atoms with Crippen molar-refractivity contribution in [2.75, 3.05) is 0 Å². The van der Waals surface area contributed by atoms with Crippen LogP contribution in [0.2, 0.25) is 0 Å². The number of halogens is 1. The molecule has 0 N–H and O–H groups in total. The van der Waals surface area contributed by atoms with Crippen LogP contribution >= 0.6 is 11.8 Å². The summed E-state index contributed by atoms with van der Waals surface area (Å²) in [7, 11) is 0. The SMILES string of the molecule is O=C1[C@@H](F)S[C@@H](c2ccccc2)N1Cc1ccccc1. The molecule has 2 aromatic rings. The Labute approximate surface area is 121 Å². The molecule has 1 heterocycles. The predicted molar refractivity (Wildman–Crippen MR) is 78.7 cm³/mol. The Morgan fingerprint density at radius 2 is 1.60 bits per heavy atom. The van der Waals surface area contributed by atoms with Crippen LogP contribution in [0.5, 0.6) is 0 Å². The summed E-state index contributed by atoms with van der Waals surface area (Å²) in [6, 6.07) is 19.3. The second-order valence-electron chi connectivity index (χ2n) is 4.67. The van der Waals surface area contributed by atoms with Crippen LogP contribution in [0.15, 0.2) is 60.7 Å². The summed E-state index contributed by atoms with van der Waals surface area (Å²) in [5, 5.41) is -0.251.